The fourth-order valence-electron chi connectivity index (χ4n) is 6.04. The van der Waals surface area contributed by atoms with Crippen molar-refractivity contribution in [3.8, 4) is 0 Å². The molecule has 4 aliphatic carbocycles. The van der Waals surface area contributed by atoms with E-state index in [4.69, 9.17) is 5.73 Å². The second-order valence-corrected chi connectivity index (χ2v) is 8.43. The molecule has 22 heavy (non-hydrogen) atoms. The molecule has 0 bridgehead atoms. The summed E-state index contributed by atoms with van der Waals surface area (Å²) in [5.41, 5.74) is 7.20. The average Bonchev–Trinajstić information content (AvgIpc) is 2.77. The number of hydrogen-bond donors (Lipinski definition) is 2. The number of carbonyl (C=O) groups is 1. The maximum Gasteiger partial charge on any atom is 0.140 e. The highest BCUT2D eigenvalue weighted by atomic mass is 16.3. The maximum absolute atomic E-state index is 12.9. The van der Waals surface area contributed by atoms with Crippen molar-refractivity contribution in [2.45, 2.75) is 58.1 Å². The minimum Gasteiger partial charge on any atom is -0.393 e. The number of Topliss-reactive ketones (excluding diaryl/α,β-unsaturated/α-hetero) is 1. The number of nitrogens with two attached hydrogens (primary N) is 1. The second kappa shape index (κ2) is 4.55. The van der Waals surface area contributed by atoms with E-state index in [0.29, 0.717) is 24.0 Å². The lowest BCUT2D eigenvalue weighted by Gasteiger charge is -2.55. The van der Waals surface area contributed by atoms with Crippen LogP contribution in [-0.4, -0.2) is 23.0 Å². The van der Waals surface area contributed by atoms with Crippen molar-refractivity contribution < 1.29 is 9.90 Å². The Morgan fingerprint density at radius 1 is 1.23 bits per heavy atom. The monoisotopic (exact) mass is 301 g/mol. The van der Waals surface area contributed by atoms with Gasteiger partial charge in [0.15, 0.2) is 0 Å². The van der Waals surface area contributed by atoms with Crippen LogP contribution in [0.1, 0.15) is 46.0 Å². The molecule has 4 rings (SSSR count). The lowest BCUT2D eigenvalue weighted by Crippen LogP contribution is -2.54. The van der Waals surface area contributed by atoms with E-state index in [0.717, 1.165) is 25.7 Å². The van der Waals surface area contributed by atoms with Crippen molar-refractivity contribution in [2.24, 2.45) is 34.3 Å². The zero-order valence-electron chi connectivity index (χ0n) is 13.6. The van der Waals surface area contributed by atoms with Crippen LogP contribution in [0.25, 0.3) is 0 Å². The Morgan fingerprint density at radius 3 is 2.77 bits per heavy atom. The van der Waals surface area contributed by atoms with Crippen LogP contribution in [0, 0.1) is 28.6 Å². The Morgan fingerprint density at radius 2 is 2.00 bits per heavy atom. The standard InChI is InChI=1S/C19H27NO2/c1-18-7-5-12(20)9-11(18)10-15(21)17-13-3-4-16(22)19(13,2)8-6-14(17)18/h5,7,9,12-14,16-17,22H,3-4,6,8,10,20H2,1-2H3/t12?,13-,14+,16?,17-,18-,19-/m0/s1. The van der Waals surface area contributed by atoms with E-state index >= 15 is 0 Å². The fraction of sp³-hybridized carbons (Fsp3) is 0.737. The van der Waals surface area contributed by atoms with E-state index in [2.05, 4.69) is 32.1 Å². The Balaban J connectivity index is 1.75. The quantitative estimate of drug-likeness (QED) is 0.676. The molecule has 7 atom stereocenters. The molecule has 0 heterocycles. The minimum absolute atomic E-state index is 0.0106. The van der Waals surface area contributed by atoms with E-state index < -0.39 is 0 Å². The maximum atomic E-state index is 12.9. The van der Waals surface area contributed by atoms with Gasteiger partial charge in [0.2, 0.25) is 0 Å². The van der Waals surface area contributed by atoms with Crippen LogP contribution in [0.15, 0.2) is 23.8 Å². The number of hydrogen-bond acceptors (Lipinski definition) is 3. The number of ketones is 1. The number of allylic oxidation sites excluding steroid dienone is 2. The molecule has 0 aliphatic heterocycles. The summed E-state index contributed by atoms with van der Waals surface area (Å²) in [5.74, 6) is 1.25. The van der Waals surface area contributed by atoms with Crippen molar-refractivity contribution in [1.29, 1.82) is 0 Å². The van der Waals surface area contributed by atoms with E-state index in [9.17, 15) is 9.90 Å². The van der Waals surface area contributed by atoms with E-state index in [-0.39, 0.29) is 28.9 Å². The van der Waals surface area contributed by atoms with Crippen LogP contribution in [0.4, 0.5) is 0 Å². The van der Waals surface area contributed by atoms with Gasteiger partial charge in [-0.3, -0.25) is 4.79 Å². The molecule has 3 fully saturated rings. The minimum atomic E-state index is -0.230. The molecule has 3 nitrogen and oxygen atoms in total. The molecule has 4 aliphatic rings. The molecular weight excluding hydrogens is 274 g/mol. The third-order valence-corrected chi connectivity index (χ3v) is 7.48. The van der Waals surface area contributed by atoms with Gasteiger partial charge in [-0.1, -0.05) is 37.6 Å². The molecule has 0 amide bonds. The number of fused-ring (bicyclic) bond motifs is 5. The summed E-state index contributed by atoms with van der Waals surface area (Å²) in [7, 11) is 0. The molecule has 3 heteroatoms. The van der Waals surface area contributed by atoms with Gasteiger partial charge in [0.25, 0.3) is 0 Å². The summed E-state index contributed by atoms with van der Waals surface area (Å²) in [6.45, 7) is 4.50. The average molecular weight is 301 g/mol. The Labute approximate surface area is 132 Å². The molecule has 0 spiro atoms. The van der Waals surface area contributed by atoms with Gasteiger partial charge in [-0.25, -0.2) is 0 Å². The molecule has 0 saturated heterocycles. The Hall–Kier alpha value is -0.930. The van der Waals surface area contributed by atoms with Crippen molar-refractivity contribution >= 4 is 5.78 Å². The van der Waals surface area contributed by atoms with Crippen molar-refractivity contribution in [3.63, 3.8) is 0 Å². The summed E-state index contributed by atoms with van der Waals surface area (Å²) in [6, 6.07) is -0.0467. The summed E-state index contributed by atoms with van der Waals surface area (Å²) in [5, 5.41) is 10.4. The van der Waals surface area contributed by atoms with Crippen LogP contribution < -0.4 is 5.73 Å². The predicted molar refractivity (Wildman–Crippen MR) is 86.0 cm³/mol. The van der Waals surface area contributed by atoms with Gasteiger partial charge in [0.1, 0.15) is 5.78 Å². The summed E-state index contributed by atoms with van der Waals surface area (Å²) in [4.78, 5) is 12.9. The van der Waals surface area contributed by atoms with Gasteiger partial charge in [0.05, 0.1) is 6.10 Å². The topological polar surface area (TPSA) is 63.3 Å². The van der Waals surface area contributed by atoms with Gasteiger partial charge in [0, 0.05) is 23.8 Å². The molecule has 120 valence electrons. The van der Waals surface area contributed by atoms with Crippen LogP contribution in [0.5, 0.6) is 0 Å². The van der Waals surface area contributed by atoms with E-state index in [1.165, 1.54) is 5.57 Å². The van der Waals surface area contributed by atoms with Crippen LogP contribution >= 0.6 is 0 Å². The number of rotatable bonds is 0. The van der Waals surface area contributed by atoms with Gasteiger partial charge in [-0.2, -0.15) is 0 Å². The first-order valence-electron chi connectivity index (χ1n) is 8.73. The normalized spacial score (nSPS) is 53.5. The van der Waals surface area contributed by atoms with Crippen LogP contribution in [-0.2, 0) is 4.79 Å². The highest BCUT2D eigenvalue weighted by molar-refractivity contribution is 5.86. The Kier molecular flexibility index (Phi) is 3.03. The first-order chi connectivity index (χ1) is 10.4. The molecule has 0 aromatic carbocycles. The molecule has 0 aromatic rings. The van der Waals surface area contributed by atoms with Crippen LogP contribution in [0.3, 0.4) is 0 Å². The third-order valence-electron chi connectivity index (χ3n) is 7.48. The molecule has 3 saturated carbocycles. The van der Waals surface area contributed by atoms with Crippen molar-refractivity contribution in [2.75, 3.05) is 0 Å². The van der Waals surface area contributed by atoms with Gasteiger partial charge >= 0.3 is 0 Å². The highest BCUT2D eigenvalue weighted by Gasteiger charge is 2.60. The van der Waals surface area contributed by atoms with Gasteiger partial charge in [-0.15, -0.1) is 0 Å². The van der Waals surface area contributed by atoms with Crippen molar-refractivity contribution in [3.05, 3.63) is 23.8 Å². The first kappa shape index (κ1) is 14.6. The molecule has 0 radical (unpaired) electrons. The largest absolute Gasteiger partial charge is 0.393 e. The van der Waals surface area contributed by atoms with Crippen LogP contribution in [0.2, 0.25) is 0 Å². The predicted octanol–water partition coefficient (Wildman–Crippen LogP) is 2.59. The van der Waals surface area contributed by atoms with E-state index in [1.54, 1.807) is 0 Å². The number of aliphatic hydroxyl groups is 1. The molecule has 0 aromatic heterocycles. The summed E-state index contributed by atoms with van der Waals surface area (Å²) >= 11 is 0. The summed E-state index contributed by atoms with van der Waals surface area (Å²) < 4.78 is 0. The third kappa shape index (κ3) is 1.73. The smallest absolute Gasteiger partial charge is 0.140 e. The highest BCUT2D eigenvalue weighted by Crippen LogP contribution is 2.63. The Bertz CT molecular complexity index is 580. The lowest BCUT2D eigenvalue weighted by atomic mass is 9.48. The zero-order chi connectivity index (χ0) is 15.7. The van der Waals surface area contributed by atoms with Crippen molar-refractivity contribution in [1.82, 2.24) is 0 Å². The molecular formula is C19H27NO2. The first-order valence-corrected chi connectivity index (χ1v) is 8.73. The number of aliphatic hydroxyl groups excluding tert-OH is 1. The second-order valence-electron chi connectivity index (χ2n) is 8.43. The van der Waals surface area contributed by atoms with E-state index in [1.807, 2.05) is 0 Å². The fourth-order valence-corrected chi connectivity index (χ4v) is 6.04. The number of carbonyl (C=O) groups excluding carboxylic acids is 1. The van der Waals surface area contributed by atoms with Gasteiger partial charge in [-0.05, 0) is 42.9 Å². The van der Waals surface area contributed by atoms with Gasteiger partial charge < -0.3 is 10.8 Å². The SMILES string of the molecule is C[C@]12C=CC(N)C=C1CC(=O)[C@@H]1[C@H]2CC[C@]2(C)C(O)CC[C@@H]12. The molecule has 2 unspecified atom stereocenters. The molecule has 3 N–H and O–H groups in total. The summed E-state index contributed by atoms with van der Waals surface area (Å²) in [6.07, 6.45) is 10.7. The zero-order valence-corrected chi connectivity index (χ0v) is 13.6. The lowest BCUT2D eigenvalue weighted by molar-refractivity contribution is -0.139.